The van der Waals surface area contributed by atoms with Crippen molar-refractivity contribution in [3.8, 4) is 5.75 Å². The molecular formula is C19H18BrClFN3O4. The van der Waals surface area contributed by atoms with E-state index in [1.54, 1.807) is 14.1 Å². The molecule has 0 atom stereocenters. The van der Waals surface area contributed by atoms with Crippen LogP contribution in [0.4, 0.5) is 4.39 Å². The van der Waals surface area contributed by atoms with Crippen molar-refractivity contribution in [3.63, 3.8) is 0 Å². The van der Waals surface area contributed by atoms with Gasteiger partial charge in [-0.1, -0.05) is 17.7 Å². The fraction of sp³-hybridized carbons (Fsp3) is 0.316. The van der Waals surface area contributed by atoms with Crippen LogP contribution in [0.3, 0.4) is 0 Å². The largest absolute Gasteiger partial charge is 0.502 e. The lowest BCUT2D eigenvalue weighted by atomic mass is 9.95. The number of benzene rings is 1. The van der Waals surface area contributed by atoms with Crippen molar-refractivity contribution in [3.05, 3.63) is 60.2 Å². The van der Waals surface area contributed by atoms with Crippen LogP contribution >= 0.6 is 27.5 Å². The van der Waals surface area contributed by atoms with Crippen molar-refractivity contribution >= 4 is 39.3 Å². The van der Waals surface area contributed by atoms with Crippen LogP contribution in [-0.2, 0) is 20.0 Å². The molecule has 1 aromatic heterocycles. The highest BCUT2D eigenvalue weighted by Crippen LogP contribution is 2.32. The summed E-state index contributed by atoms with van der Waals surface area (Å²) in [6, 6.07) is 2.70. The van der Waals surface area contributed by atoms with Crippen LogP contribution in [0.5, 0.6) is 5.75 Å². The molecule has 29 heavy (non-hydrogen) atoms. The minimum Gasteiger partial charge on any atom is -0.502 e. The molecule has 0 unspecified atom stereocenters. The molecule has 2 aromatic rings. The number of fused-ring (bicyclic) bond motifs is 1. The number of halogens is 3. The van der Waals surface area contributed by atoms with Gasteiger partial charge < -0.3 is 19.5 Å². The molecule has 0 saturated heterocycles. The molecule has 0 radical (unpaired) electrons. The quantitative estimate of drug-likeness (QED) is 0.676. The minimum atomic E-state index is -0.824. The Morgan fingerprint density at radius 2 is 2.00 bits per heavy atom. The lowest BCUT2D eigenvalue weighted by Crippen LogP contribution is -2.42. The van der Waals surface area contributed by atoms with Crippen LogP contribution in [0, 0.1) is 5.82 Å². The summed E-state index contributed by atoms with van der Waals surface area (Å²) in [5.74, 6) is -2.30. The number of aromatic nitrogens is 1. The van der Waals surface area contributed by atoms with E-state index < -0.39 is 28.9 Å². The maximum absolute atomic E-state index is 13.6. The summed E-state index contributed by atoms with van der Waals surface area (Å²) in [6.07, 6.45) is 0.268. The van der Waals surface area contributed by atoms with Gasteiger partial charge in [0.15, 0.2) is 5.75 Å². The van der Waals surface area contributed by atoms with Crippen molar-refractivity contribution < 1.29 is 19.1 Å². The van der Waals surface area contributed by atoms with Crippen LogP contribution in [0.1, 0.15) is 32.0 Å². The van der Waals surface area contributed by atoms with Crippen molar-refractivity contribution in [2.75, 3.05) is 20.6 Å². The van der Waals surface area contributed by atoms with Crippen LogP contribution in [-0.4, -0.2) is 51.9 Å². The average Bonchev–Trinajstić information content (AvgIpc) is 2.68. The molecule has 0 saturated carbocycles. The van der Waals surface area contributed by atoms with Crippen LogP contribution in [0.15, 0.2) is 21.4 Å². The molecule has 0 fully saturated rings. The van der Waals surface area contributed by atoms with E-state index >= 15 is 0 Å². The maximum atomic E-state index is 13.6. The Balaban J connectivity index is 2.08. The Kier molecular flexibility index (Phi) is 5.73. The molecule has 1 aliphatic heterocycles. The summed E-state index contributed by atoms with van der Waals surface area (Å²) < 4.78 is 15.0. The molecule has 0 bridgehead atoms. The molecule has 3 rings (SSSR count). The van der Waals surface area contributed by atoms with Crippen molar-refractivity contribution in [1.82, 2.24) is 14.4 Å². The second-order valence-electron chi connectivity index (χ2n) is 6.93. The first kappa shape index (κ1) is 21.3. The first-order valence-corrected chi connectivity index (χ1v) is 9.81. The van der Waals surface area contributed by atoms with Gasteiger partial charge in [-0.3, -0.25) is 14.4 Å². The summed E-state index contributed by atoms with van der Waals surface area (Å²) >= 11 is 9.14. The topological polar surface area (TPSA) is 82.9 Å². The highest BCUT2D eigenvalue weighted by atomic mass is 79.9. The normalized spacial score (nSPS) is 13.4. The summed E-state index contributed by atoms with van der Waals surface area (Å²) in [6.45, 7) is 0.336. The van der Waals surface area contributed by atoms with Gasteiger partial charge in [0.1, 0.15) is 11.5 Å². The predicted molar refractivity (Wildman–Crippen MR) is 109 cm³/mol. The van der Waals surface area contributed by atoms with Gasteiger partial charge in [-0.15, -0.1) is 0 Å². The fourth-order valence-corrected chi connectivity index (χ4v) is 3.97. The molecule has 2 amide bonds. The van der Waals surface area contributed by atoms with E-state index in [4.69, 9.17) is 11.6 Å². The van der Waals surface area contributed by atoms with E-state index in [-0.39, 0.29) is 35.8 Å². The van der Waals surface area contributed by atoms with E-state index in [1.807, 2.05) is 0 Å². The fourth-order valence-electron chi connectivity index (χ4n) is 3.34. The Morgan fingerprint density at radius 3 is 2.62 bits per heavy atom. The third kappa shape index (κ3) is 3.53. The Labute approximate surface area is 179 Å². The van der Waals surface area contributed by atoms with E-state index in [9.17, 15) is 23.9 Å². The second-order valence-corrected chi connectivity index (χ2v) is 8.10. The van der Waals surface area contributed by atoms with Gasteiger partial charge >= 0.3 is 0 Å². The molecule has 1 aromatic carbocycles. The number of hydrogen-bond donors (Lipinski definition) is 1. The Bertz CT molecular complexity index is 1100. The summed E-state index contributed by atoms with van der Waals surface area (Å²) in [7, 11) is 4.46. The molecular weight excluding hydrogens is 469 g/mol. The Hall–Kier alpha value is -2.39. The van der Waals surface area contributed by atoms with Crippen molar-refractivity contribution in [1.29, 1.82) is 0 Å². The molecule has 154 valence electrons. The average molecular weight is 487 g/mol. The summed E-state index contributed by atoms with van der Waals surface area (Å²) in [4.78, 5) is 40.8. The lowest BCUT2D eigenvalue weighted by Gasteiger charge is -2.31. The lowest BCUT2D eigenvalue weighted by molar-refractivity contribution is 0.0719. The van der Waals surface area contributed by atoms with Gasteiger partial charge in [-0.2, -0.15) is 0 Å². The third-order valence-electron chi connectivity index (χ3n) is 4.88. The van der Waals surface area contributed by atoms with Crippen LogP contribution in [0.25, 0.3) is 0 Å². The van der Waals surface area contributed by atoms with Crippen molar-refractivity contribution in [2.24, 2.45) is 7.05 Å². The minimum absolute atomic E-state index is 0.0757. The van der Waals surface area contributed by atoms with Crippen LogP contribution in [0.2, 0.25) is 5.02 Å². The molecule has 0 aliphatic carbocycles. The standard InChI is InChI=1S/C19H18BrClFN3O4/c1-23(2)18(28)15-10-6-7-25(8-9-4-5-11(22)14(21)13(9)20)17(27)12(10)16(26)19(29)24(15)3/h4-5,26H,6-8H2,1-3H3. The second kappa shape index (κ2) is 7.79. The highest BCUT2D eigenvalue weighted by Gasteiger charge is 2.34. The number of carbonyl (C=O) groups excluding carboxylic acids is 2. The number of rotatable bonds is 3. The predicted octanol–water partition coefficient (Wildman–Crippen LogP) is 2.55. The third-order valence-corrected chi connectivity index (χ3v) is 6.39. The number of pyridine rings is 1. The molecule has 1 aliphatic rings. The van der Waals surface area contributed by atoms with Crippen molar-refractivity contribution in [2.45, 2.75) is 13.0 Å². The van der Waals surface area contributed by atoms with Gasteiger partial charge in [-0.05, 0) is 34.0 Å². The molecule has 10 heteroatoms. The molecule has 0 spiro atoms. The van der Waals surface area contributed by atoms with E-state index in [0.717, 1.165) is 4.57 Å². The number of amides is 2. The van der Waals surface area contributed by atoms with Gasteiger partial charge in [0.25, 0.3) is 17.4 Å². The first-order valence-electron chi connectivity index (χ1n) is 8.64. The van der Waals surface area contributed by atoms with E-state index in [2.05, 4.69) is 15.9 Å². The van der Waals surface area contributed by atoms with E-state index in [0.29, 0.717) is 15.6 Å². The zero-order chi connectivity index (χ0) is 21.6. The van der Waals surface area contributed by atoms with Gasteiger partial charge in [0.2, 0.25) is 0 Å². The molecule has 7 nitrogen and oxygen atoms in total. The number of carbonyl (C=O) groups is 2. The molecule has 1 N–H and O–H groups in total. The monoisotopic (exact) mass is 485 g/mol. The summed E-state index contributed by atoms with van der Waals surface area (Å²) in [5, 5.41) is 10.3. The Morgan fingerprint density at radius 1 is 1.34 bits per heavy atom. The SMILES string of the molecule is CN(C)C(=O)c1c2c(c(O)c(=O)n1C)C(=O)N(Cc1ccc(F)c(Cl)c1Br)CC2. The van der Waals surface area contributed by atoms with Gasteiger partial charge in [-0.25, -0.2) is 4.39 Å². The molecule has 2 heterocycles. The zero-order valence-corrected chi connectivity index (χ0v) is 18.3. The maximum Gasteiger partial charge on any atom is 0.293 e. The van der Waals surface area contributed by atoms with Gasteiger partial charge in [0.05, 0.1) is 10.6 Å². The zero-order valence-electron chi connectivity index (χ0n) is 15.9. The van der Waals surface area contributed by atoms with E-state index in [1.165, 1.54) is 29.0 Å². The highest BCUT2D eigenvalue weighted by molar-refractivity contribution is 9.10. The number of hydrogen-bond acceptors (Lipinski definition) is 4. The van der Waals surface area contributed by atoms with Crippen LogP contribution < -0.4 is 5.56 Å². The summed E-state index contributed by atoms with van der Waals surface area (Å²) in [5.41, 5.74) is -0.0160. The number of aromatic hydroxyl groups is 1. The number of nitrogens with zero attached hydrogens (tertiary/aromatic N) is 3. The first-order chi connectivity index (χ1) is 13.6. The smallest absolute Gasteiger partial charge is 0.293 e. The van der Waals surface area contributed by atoms with Gasteiger partial charge in [0, 0.05) is 44.3 Å².